The quantitative estimate of drug-likeness (QED) is 0.869. The summed E-state index contributed by atoms with van der Waals surface area (Å²) in [6.45, 7) is 11.3. The van der Waals surface area contributed by atoms with Crippen LogP contribution in [0.2, 0.25) is 0 Å². The van der Waals surface area contributed by atoms with Crippen LogP contribution < -0.4 is 15.0 Å². The second-order valence-corrected chi connectivity index (χ2v) is 7.29. The summed E-state index contributed by atoms with van der Waals surface area (Å²) in [4.78, 5) is 16.9. The van der Waals surface area contributed by atoms with Gasteiger partial charge in [-0.3, -0.25) is 0 Å². The number of nitrogens with one attached hydrogen (secondary N) is 1. The van der Waals surface area contributed by atoms with Gasteiger partial charge in [0.1, 0.15) is 5.75 Å². The van der Waals surface area contributed by atoms with E-state index in [1.54, 1.807) is 0 Å². The molecule has 0 saturated carbocycles. The van der Waals surface area contributed by atoms with Crippen molar-refractivity contribution < 1.29 is 9.53 Å². The predicted octanol–water partition coefficient (Wildman–Crippen LogP) is 4.44. The molecule has 1 heterocycles. The Kier molecular flexibility index (Phi) is 5.89. The third-order valence-corrected chi connectivity index (χ3v) is 4.97. The molecule has 1 aliphatic heterocycles. The van der Waals surface area contributed by atoms with Gasteiger partial charge in [0.15, 0.2) is 0 Å². The van der Waals surface area contributed by atoms with Crippen molar-refractivity contribution in [2.75, 3.05) is 36.4 Å². The first-order valence-electron chi connectivity index (χ1n) is 9.58. The number of hydrogen-bond donors (Lipinski definition) is 1. The Morgan fingerprint density at radius 3 is 2.41 bits per heavy atom. The number of aryl methyl sites for hydroxylation is 1. The zero-order valence-electron chi connectivity index (χ0n) is 16.7. The van der Waals surface area contributed by atoms with E-state index in [4.69, 9.17) is 4.74 Å². The second-order valence-electron chi connectivity index (χ2n) is 7.29. The van der Waals surface area contributed by atoms with Crippen LogP contribution in [0, 0.1) is 13.8 Å². The summed E-state index contributed by atoms with van der Waals surface area (Å²) >= 11 is 0. The summed E-state index contributed by atoms with van der Waals surface area (Å²) in [5, 5.41) is 3.00. The lowest BCUT2D eigenvalue weighted by Gasteiger charge is -2.37. The molecule has 27 heavy (non-hydrogen) atoms. The lowest BCUT2D eigenvalue weighted by molar-refractivity contribution is 0.207. The molecule has 5 nitrogen and oxygen atoms in total. The average Bonchev–Trinajstić information content (AvgIpc) is 2.65. The van der Waals surface area contributed by atoms with Gasteiger partial charge in [0, 0.05) is 31.9 Å². The topological polar surface area (TPSA) is 44.8 Å². The summed E-state index contributed by atoms with van der Waals surface area (Å²) in [6.07, 6.45) is 0.0594. The van der Waals surface area contributed by atoms with Gasteiger partial charge in [0.05, 0.1) is 11.8 Å². The average molecular weight is 367 g/mol. The van der Waals surface area contributed by atoms with E-state index in [-0.39, 0.29) is 12.1 Å². The number of benzene rings is 2. The van der Waals surface area contributed by atoms with Crippen molar-refractivity contribution >= 4 is 17.4 Å². The van der Waals surface area contributed by atoms with E-state index in [9.17, 15) is 4.79 Å². The fourth-order valence-corrected chi connectivity index (χ4v) is 3.35. The Hall–Kier alpha value is -2.69. The number of piperazine rings is 1. The molecule has 2 aromatic carbocycles. The van der Waals surface area contributed by atoms with Crippen LogP contribution in [0.3, 0.4) is 0 Å². The summed E-state index contributed by atoms with van der Waals surface area (Å²) in [6, 6.07) is 13.9. The molecule has 0 aromatic heterocycles. The SMILES string of the molecule is Cc1cccc(N2CCN(C(=O)Nc3ccccc3OC(C)C)CC2)c1C. The Balaban J connectivity index is 1.62. The first kappa shape index (κ1) is 19.1. The molecule has 0 atom stereocenters. The predicted molar refractivity (Wildman–Crippen MR) is 111 cm³/mol. The van der Waals surface area contributed by atoms with E-state index < -0.39 is 0 Å². The van der Waals surface area contributed by atoms with Gasteiger partial charge in [-0.2, -0.15) is 0 Å². The highest BCUT2D eigenvalue weighted by atomic mass is 16.5. The molecular formula is C22H29N3O2. The van der Waals surface area contributed by atoms with E-state index in [2.05, 4.69) is 42.3 Å². The second kappa shape index (κ2) is 8.33. The number of ether oxygens (including phenoxy) is 1. The Labute approximate surface area is 161 Å². The number of carbonyl (C=O) groups excluding carboxylic acids is 1. The number of urea groups is 1. The highest BCUT2D eigenvalue weighted by Gasteiger charge is 2.23. The van der Waals surface area contributed by atoms with Gasteiger partial charge < -0.3 is 19.9 Å². The smallest absolute Gasteiger partial charge is 0.322 e. The number of rotatable bonds is 4. The summed E-state index contributed by atoms with van der Waals surface area (Å²) < 4.78 is 5.79. The van der Waals surface area contributed by atoms with E-state index in [0.717, 1.165) is 13.1 Å². The molecule has 144 valence electrons. The third kappa shape index (κ3) is 4.54. The van der Waals surface area contributed by atoms with Gasteiger partial charge in [-0.1, -0.05) is 24.3 Å². The van der Waals surface area contributed by atoms with Crippen molar-refractivity contribution in [3.05, 3.63) is 53.6 Å². The van der Waals surface area contributed by atoms with E-state index in [1.807, 2.05) is 43.0 Å². The van der Waals surface area contributed by atoms with Crippen molar-refractivity contribution in [2.45, 2.75) is 33.8 Å². The van der Waals surface area contributed by atoms with Gasteiger partial charge in [-0.05, 0) is 57.0 Å². The van der Waals surface area contributed by atoms with Crippen molar-refractivity contribution in [1.82, 2.24) is 4.90 Å². The van der Waals surface area contributed by atoms with Crippen LogP contribution in [0.5, 0.6) is 5.75 Å². The van der Waals surface area contributed by atoms with Gasteiger partial charge in [0.2, 0.25) is 0 Å². The van der Waals surface area contributed by atoms with E-state index in [1.165, 1.54) is 16.8 Å². The van der Waals surface area contributed by atoms with Crippen LogP contribution in [-0.2, 0) is 0 Å². The number of anilines is 2. The number of amides is 2. The van der Waals surface area contributed by atoms with Crippen LogP contribution in [0.4, 0.5) is 16.2 Å². The number of para-hydroxylation sites is 2. The van der Waals surface area contributed by atoms with Gasteiger partial charge in [0.25, 0.3) is 0 Å². The maximum absolute atomic E-state index is 12.7. The van der Waals surface area contributed by atoms with Crippen LogP contribution >= 0.6 is 0 Å². The van der Waals surface area contributed by atoms with Crippen molar-refractivity contribution in [1.29, 1.82) is 0 Å². The highest BCUT2D eigenvalue weighted by Crippen LogP contribution is 2.26. The number of nitrogens with zero attached hydrogens (tertiary/aromatic N) is 2. The van der Waals surface area contributed by atoms with Crippen LogP contribution in [-0.4, -0.2) is 43.2 Å². The third-order valence-electron chi connectivity index (χ3n) is 4.97. The van der Waals surface area contributed by atoms with Gasteiger partial charge in [-0.25, -0.2) is 4.79 Å². The minimum atomic E-state index is -0.0737. The minimum absolute atomic E-state index is 0.0594. The Morgan fingerprint density at radius 1 is 1.00 bits per heavy atom. The number of hydrogen-bond acceptors (Lipinski definition) is 3. The summed E-state index contributed by atoms with van der Waals surface area (Å²) in [5.74, 6) is 0.704. The molecule has 0 aliphatic carbocycles. The maximum atomic E-state index is 12.7. The highest BCUT2D eigenvalue weighted by molar-refractivity contribution is 5.91. The largest absolute Gasteiger partial charge is 0.489 e. The van der Waals surface area contributed by atoms with Gasteiger partial charge in [-0.15, -0.1) is 0 Å². The van der Waals surface area contributed by atoms with E-state index >= 15 is 0 Å². The lowest BCUT2D eigenvalue weighted by atomic mass is 10.1. The normalized spacial score (nSPS) is 14.4. The fraction of sp³-hybridized carbons (Fsp3) is 0.409. The molecule has 2 amide bonds. The zero-order valence-corrected chi connectivity index (χ0v) is 16.7. The molecule has 0 bridgehead atoms. The van der Waals surface area contributed by atoms with Crippen LogP contribution in [0.1, 0.15) is 25.0 Å². The van der Waals surface area contributed by atoms with E-state index in [0.29, 0.717) is 24.5 Å². The molecule has 1 aliphatic rings. The summed E-state index contributed by atoms with van der Waals surface area (Å²) in [5.41, 5.74) is 4.60. The molecule has 0 unspecified atom stereocenters. The molecule has 5 heteroatoms. The molecular weight excluding hydrogens is 338 g/mol. The molecule has 3 rings (SSSR count). The summed E-state index contributed by atoms with van der Waals surface area (Å²) in [7, 11) is 0. The van der Waals surface area contributed by atoms with Crippen molar-refractivity contribution in [3.63, 3.8) is 0 Å². The first-order chi connectivity index (χ1) is 13.0. The zero-order chi connectivity index (χ0) is 19.4. The van der Waals surface area contributed by atoms with Crippen molar-refractivity contribution in [2.24, 2.45) is 0 Å². The monoisotopic (exact) mass is 367 g/mol. The van der Waals surface area contributed by atoms with Crippen LogP contribution in [0.15, 0.2) is 42.5 Å². The molecule has 0 spiro atoms. The standard InChI is InChI=1S/C22H29N3O2/c1-16(2)27-21-11-6-5-9-19(21)23-22(26)25-14-12-24(13-15-25)20-10-7-8-17(3)18(20)4/h5-11,16H,12-15H2,1-4H3,(H,23,26). The first-order valence-corrected chi connectivity index (χ1v) is 9.58. The Bertz CT molecular complexity index is 796. The molecule has 1 fully saturated rings. The molecule has 0 radical (unpaired) electrons. The molecule has 1 saturated heterocycles. The Morgan fingerprint density at radius 2 is 1.70 bits per heavy atom. The van der Waals surface area contributed by atoms with Crippen molar-refractivity contribution in [3.8, 4) is 5.75 Å². The maximum Gasteiger partial charge on any atom is 0.322 e. The van der Waals surface area contributed by atoms with Gasteiger partial charge >= 0.3 is 6.03 Å². The van der Waals surface area contributed by atoms with Crippen LogP contribution in [0.25, 0.3) is 0 Å². The lowest BCUT2D eigenvalue weighted by Crippen LogP contribution is -2.50. The number of carbonyl (C=O) groups is 1. The molecule has 2 aromatic rings. The fourth-order valence-electron chi connectivity index (χ4n) is 3.35. The molecule has 1 N–H and O–H groups in total. The minimum Gasteiger partial charge on any atom is -0.489 e.